The van der Waals surface area contributed by atoms with Crippen LogP contribution in [0.25, 0.3) is 0 Å². The minimum Gasteiger partial charge on any atom is -0.496 e. The molecular formula is C21H27O6P. The molecule has 0 radical (unpaired) electrons. The van der Waals surface area contributed by atoms with Gasteiger partial charge in [0.05, 0.1) is 29.4 Å². The molecular weight excluding hydrogens is 379 g/mol. The van der Waals surface area contributed by atoms with E-state index in [1.165, 1.54) is 14.2 Å². The van der Waals surface area contributed by atoms with Crippen LogP contribution in [0.4, 0.5) is 0 Å². The van der Waals surface area contributed by atoms with Gasteiger partial charge in [-0.15, -0.1) is 0 Å². The third-order valence-electron chi connectivity index (χ3n) is 4.20. The van der Waals surface area contributed by atoms with Gasteiger partial charge in [0.1, 0.15) is 23.0 Å². The Labute approximate surface area is 167 Å². The second-order valence-electron chi connectivity index (χ2n) is 5.90. The summed E-state index contributed by atoms with van der Waals surface area (Å²) >= 11 is 0. The van der Waals surface area contributed by atoms with Crippen LogP contribution in [-0.4, -0.2) is 32.1 Å². The van der Waals surface area contributed by atoms with E-state index < -0.39 is 17.7 Å². The summed E-state index contributed by atoms with van der Waals surface area (Å²) in [6, 6.07) is 13.9. The van der Waals surface area contributed by atoms with Crippen molar-refractivity contribution >= 4 is 20.9 Å². The Bertz CT molecular complexity index is 755. The van der Waals surface area contributed by atoms with Gasteiger partial charge in [0.15, 0.2) is 5.78 Å². The number of carbonyl (C=O) groups excluding carboxylic acids is 2. The Morgan fingerprint density at radius 2 is 1.46 bits per heavy atom. The topological polar surface area (TPSA) is 78.9 Å². The van der Waals surface area contributed by atoms with Crippen molar-refractivity contribution in [2.24, 2.45) is 0 Å². The summed E-state index contributed by atoms with van der Waals surface area (Å²) in [4.78, 5) is 26.2. The molecule has 0 aliphatic heterocycles. The van der Waals surface area contributed by atoms with Crippen molar-refractivity contribution in [3.8, 4) is 11.5 Å². The lowest BCUT2D eigenvalue weighted by atomic mass is 9.89. The third kappa shape index (κ3) is 5.70. The quantitative estimate of drug-likeness (QED) is 0.286. The molecule has 152 valence electrons. The van der Waals surface area contributed by atoms with E-state index in [1.807, 2.05) is 13.0 Å². The number of carbonyl (C=O) groups is 2. The van der Waals surface area contributed by atoms with E-state index in [9.17, 15) is 9.59 Å². The fourth-order valence-electron chi connectivity index (χ4n) is 2.63. The molecule has 0 heterocycles. The lowest BCUT2D eigenvalue weighted by Gasteiger charge is -2.20. The first-order chi connectivity index (χ1) is 13.5. The molecule has 7 heteroatoms. The Hall–Kier alpha value is -2.59. The van der Waals surface area contributed by atoms with Gasteiger partial charge in [-0.05, 0) is 31.0 Å². The van der Waals surface area contributed by atoms with Crippen molar-refractivity contribution in [2.45, 2.75) is 32.3 Å². The van der Waals surface area contributed by atoms with Gasteiger partial charge in [-0.25, -0.2) is 0 Å². The summed E-state index contributed by atoms with van der Waals surface area (Å²) in [5.74, 6) is -1.38. The van der Waals surface area contributed by atoms with Crippen LogP contribution < -0.4 is 9.47 Å². The van der Waals surface area contributed by atoms with Crippen LogP contribution in [0.15, 0.2) is 48.5 Å². The average Bonchev–Trinajstić information content (AvgIpc) is 2.75. The number of rotatable bonds is 8. The fourth-order valence-corrected chi connectivity index (χ4v) is 2.63. The summed E-state index contributed by atoms with van der Waals surface area (Å²) in [5, 5.41) is 0. The molecule has 2 aromatic carbocycles. The molecule has 3 atom stereocenters. The van der Waals surface area contributed by atoms with Gasteiger partial charge < -0.3 is 18.8 Å². The number of hydrogen-bond donors (Lipinski definition) is 0. The predicted molar refractivity (Wildman–Crippen MR) is 111 cm³/mol. The van der Waals surface area contributed by atoms with Crippen LogP contribution in [0.2, 0.25) is 0 Å². The van der Waals surface area contributed by atoms with E-state index in [0.717, 1.165) is 0 Å². The minimum absolute atomic E-state index is 0.229. The molecule has 0 bridgehead atoms. The molecule has 0 fully saturated rings. The van der Waals surface area contributed by atoms with Crippen molar-refractivity contribution < 1.29 is 28.4 Å². The largest absolute Gasteiger partial charge is 0.496 e. The molecule has 3 unspecified atom stereocenters. The second-order valence-corrected chi connectivity index (χ2v) is 5.90. The highest BCUT2D eigenvalue weighted by Crippen LogP contribution is 2.34. The molecule has 0 N–H and O–H groups in total. The number of methoxy groups -OCH3 is 2. The molecule has 28 heavy (non-hydrogen) atoms. The summed E-state index contributed by atoms with van der Waals surface area (Å²) in [6.07, 6.45) is 0.389. The molecule has 6 nitrogen and oxygen atoms in total. The summed E-state index contributed by atoms with van der Waals surface area (Å²) < 4.78 is 24.4. The van der Waals surface area contributed by atoms with Crippen LogP contribution in [0, 0.1) is 0 Å². The van der Waals surface area contributed by atoms with Crippen molar-refractivity contribution in [1.82, 2.24) is 0 Å². The SMILES string of the molecule is CCC(C)OC(=O)C(C(=O)c1c(OC)cccc1OC)c1ccccc1.O=[PH3]. The molecule has 0 aliphatic rings. The van der Waals surface area contributed by atoms with Gasteiger partial charge >= 0.3 is 5.97 Å². The minimum atomic E-state index is -1.09. The fraction of sp³-hybridized carbons (Fsp3) is 0.333. The Morgan fingerprint density at radius 1 is 0.929 bits per heavy atom. The van der Waals surface area contributed by atoms with Crippen LogP contribution in [-0.2, 0) is 14.1 Å². The number of ketones is 1. The molecule has 2 aromatic rings. The van der Waals surface area contributed by atoms with Gasteiger partial charge in [-0.1, -0.05) is 43.3 Å². The van der Waals surface area contributed by atoms with Gasteiger partial charge in [-0.2, -0.15) is 0 Å². The Balaban J connectivity index is 0.00000190. The first kappa shape index (κ1) is 23.4. The van der Waals surface area contributed by atoms with E-state index in [2.05, 4.69) is 0 Å². The predicted octanol–water partition coefficient (Wildman–Crippen LogP) is 3.95. The maximum Gasteiger partial charge on any atom is 0.321 e. The van der Waals surface area contributed by atoms with E-state index in [0.29, 0.717) is 32.6 Å². The molecule has 0 saturated heterocycles. The maximum absolute atomic E-state index is 13.4. The Kier molecular flexibility index (Phi) is 10.0. The smallest absolute Gasteiger partial charge is 0.321 e. The lowest BCUT2D eigenvalue weighted by molar-refractivity contribution is -0.148. The van der Waals surface area contributed by atoms with E-state index in [-0.39, 0.29) is 11.7 Å². The molecule has 0 amide bonds. The zero-order chi connectivity index (χ0) is 21.1. The normalized spacial score (nSPS) is 12.1. The molecule has 0 aliphatic carbocycles. The Morgan fingerprint density at radius 3 is 1.93 bits per heavy atom. The zero-order valence-corrected chi connectivity index (χ0v) is 18.1. The van der Waals surface area contributed by atoms with Gasteiger partial charge in [0.25, 0.3) is 0 Å². The number of benzene rings is 2. The van der Waals surface area contributed by atoms with Crippen LogP contribution in [0.3, 0.4) is 0 Å². The number of hydrogen-bond acceptors (Lipinski definition) is 6. The van der Waals surface area contributed by atoms with Crippen LogP contribution in [0.5, 0.6) is 11.5 Å². The molecule has 2 rings (SSSR count). The van der Waals surface area contributed by atoms with Crippen LogP contribution >= 0.6 is 9.12 Å². The number of Topliss-reactive ketones (excluding diaryl/α,β-unsaturated/α-hetero) is 1. The highest BCUT2D eigenvalue weighted by atomic mass is 31.0. The number of esters is 1. The third-order valence-corrected chi connectivity index (χ3v) is 4.20. The van der Waals surface area contributed by atoms with Gasteiger partial charge in [-0.3, -0.25) is 9.59 Å². The summed E-state index contributed by atoms with van der Waals surface area (Å²) in [7, 11) is 3.56. The van der Waals surface area contributed by atoms with E-state index in [4.69, 9.17) is 18.8 Å². The maximum atomic E-state index is 13.4. The average molecular weight is 406 g/mol. The molecule has 0 aromatic heterocycles. The zero-order valence-electron chi connectivity index (χ0n) is 16.6. The second kappa shape index (κ2) is 12.0. The summed E-state index contributed by atoms with van der Waals surface area (Å²) in [5.41, 5.74) is 0.797. The van der Waals surface area contributed by atoms with Gasteiger partial charge in [0, 0.05) is 0 Å². The summed E-state index contributed by atoms with van der Waals surface area (Å²) in [6.45, 7) is 3.72. The lowest BCUT2D eigenvalue weighted by Crippen LogP contribution is -2.27. The van der Waals surface area contributed by atoms with Gasteiger partial charge in [0.2, 0.25) is 0 Å². The first-order valence-electron chi connectivity index (χ1n) is 8.82. The van der Waals surface area contributed by atoms with Crippen molar-refractivity contribution in [3.05, 3.63) is 59.7 Å². The van der Waals surface area contributed by atoms with Crippen LogP contribution in [0.1, 0.15) is 42.1 Å². The monoisotopic (exact) mass is 406 g/mol. The van der Waals surface area contributed by atoms with Crippen molar-refractivity contribution in [2.75, 3.05) is 14.2 Å². The van der Waals surface area contributed by atoms with Crippen molar-refractivity contribution in [1.29, 1.82) is 0 Å². The van der Waals surface area contributed by atoms with E-state index in [1.54, 1.807) is 49.4 Å². The van der Waals surface area contributed by atoms with Crippen molar-refractivity contribution in [3.63, 3.8) is 0 Å². The first-order valence-corrected chi connectivity index (χ1v) is 9.40. The molecule has 0 spiro atoms. The molecule has 0 saturated carbocycles. The van der Waals surface area contributed by atoms with E-state index >= 15 is 0 Å². The highest BCUT2D eigenvalue weighted by Gasteiger charge is 2.35. The standard InChI is InChI=1S/C21H24O5.H3OP/c1-5-14(2)26-21(23)18(15-10-7-6-8-11-15)20(22)19-16(24-3)12-9-13-17(19)25-4;1-2/h6-14,18H,5H2,1-4H3;2H3. The number of ether oxygens (including phenoxy) is 3. The highest BCUT2D eigenvalue weighted by molar-refractivity contribution is 7.00.